The summed E-state index contributed by atoms with van der Waals surface area (Å²) in [7, 11) is 0. The highest BCUT2D eigenvalue weighted by molar-refractivity contribution is 5.17. The Kier molecular flexibility index (Phi) is 3.62. The normalized spacial score (nSPS) is 21.6. The zero-order valence-electron chi connectivity index (χ0n) is 10.2. The Balaban J connectivity index is 1.98. The molecule has 0 aromatic heterocycles. The van der Waals surface area contributed by atoms with E-state index in [2.05, 4.69) is 43.4 Å². The average Bonchev–Trinajstić information content (AvgIpc) is 2.30. The molecular formula is C14H21NO. The van der Waals surface area contributed by atoms with Gasteiger partial charge in [-0.25, -0.2) is 0 Å². The predicted octanol–water partition coefficient (Wildman–Crippen LogP) is 2.91. The molecule has 2 rings (SSSR count). The Morgan fingerprint density at radius 1 is 1.19 bits per heavy atom. The smallest absolute Gasteiger partial charge is 0.0804 e. The maximum atomic E-state index is 6.22. The van der Waals surface area contributed by atoms with Gasteiger partial charge >= 0.3 is 0 Å². The molecule has 1 atom stereocenters. The first kappa shape index (κ1) is 11.6. The van der Waals surface area contributed by atoms with Crippen LogP contribution in [0, 0.1) is 0 Å². The van der Waals surface area contributed by atoms with E-state index in [4.69, 9.17) is 4.74 Å². The fraction of sp³-hybridized carbons (Fsp3) is 0.571. The number of piperidine rings is 1. The van der Waals surface area contributed by atoms with Gasteiger partial charge in [0.2, 0.25) is 0 Å². The minimum Gasteiger partial charge on any atom is -0.368 e. The van der Waals surface area contributed by atoms with Crippen molar-refractivity contribution in [3.63, 3.8) is 0 Å². The fourth-order valence-electron chi connectivity index (χ4n) is 2.29. The molecule has 88 valence electrons. The summed E-state index contributed by atoms with van der Waals surface area (Å²) in [4.78, 5) is 0. The van der Waals surface area contributed by atoms with Gasteiger partial charge in [0.15, 0.2) is 0 Å². The Labute approximate surface area is 98.0 Å². The Morgan fingerprint density at radius 3 is 2.44 bits per heavy atom. The standard InChI is InChI=1S/C14H21NO/c1-12(13-6-4-3-5-7-13)16-14(2)8-10-15-11-9-14/h3-7,12,15H,8-11H2,1-2H3. The molecule has 1 aliphatic rings. The van der Waals surface area contributed by atoms with E-state index in [1.165, 1.54) is 5.56 Å². The van der Waals surface area contributed by atoms with Gasteiger partial charge in [-0.05, 0) is 45.3 Å². The number of rotatable bonds is 3. The first-order valence-electron chi connectivity index (χ1n) is 6.13. The molecule has 1 aliphatic heterocycles. The molecule has 1 unspecified atom stereocenters. The van der Waals surface area contributed by atoms with E-state index in [1.54, 1.807) is 0 Å². The molecule has 0 bridgehead atoms. The third kappa shape index (κ3) is 2.83. The Bertz CT molecular complexity index is 317. The molecular weight excluding hydrogens is 198 g/mol. The predicted molar refractivity (Wildman–Crippen MR) is 66.5 cm³/mol. The molecule has 1 aromatic carbocycles. The van der Waals surface area contributed by atoms with E-state index in [1.807, 2.05) is 6.07 Å². The van der Waals surface area contributed by atoms with Gasteiger partial charge in [-0.3, -0.25) is 0 Å². The van der Waals surface area contributed by atoms with Crippen LogP contribution >= 0.6 is 0 Å². The van der Waals surface area contributed by atoms with Crippen molar-refractivity contribution in [1.82, 2.24) is 5.32 Å². The van der Waals surface area contributed by atoms with Crippen LogP contribution in [0.5, 0.6) is 0 Å². The van der Waals surface area contributed by atoms with Crippen LogP contribution in [0.3, 0.4) is 0 Å². The topological polar surface area (TPSA) is 21.3 Å². The lowest BCUT2D eigenvalue weighted by Gasteiger charge is -2.36. The molecule has 1 fully saturated rings. The van der Waals surface area contributed by atoms with Crippen LogP contribution in [0.2, 0.25) is 0 Å². The number of benzene rings is 1. The lowest BCUT2D eigenvalue weighted by Crippen LogP contribution is -2.42. The fourth-order valence-corrected chi connectivity index (χ4v) is 2.29. The van der Waals surface area contributed by atoms with Crippen LogP contribution in [0.1, 0.15) is 38.4 Å². The van der Waals surface area contributed by atoms with Crippen LogP contribution in [-0.4, -0.2) is 18.7 Å². The van der Waals surface area contributed by atoms with Crippen LogP contribution in [0.4, 0.5) is 0 Å². The maximum Gasteiger partial charge on any atom is 0.0804 e. The van der Waals surface area contributed by atoms with E-state index in [0.717, 1.165) is 25.9 Å². The van der Waals surface area contributed by atoms with Crippen molar-refractivity contribution in [3.8, 4) is 0 Å². The zero-order chi connectivity index (χ0) is 11.4. The first-order valence-corrected chi connectivity index (χ1v) is 6.13. The second-order valence-electron chi connectivity index (χ2n) is 4.87. The molecule has 0 aliphatic carbocycles. The average molecular weight is 219 g/mol. The largest absolute Gasteiger partial charge is 0.368 e. The first-order chi connectivity index (χ1) is 7.70. The minimum atomic E-state index is 0.0422. The number of hydrogen-bond donors (Lipinski definition) is 1. The second kappa shape index (κ2) is 4.98. The Morgan fingerprint density at radius 2 is 1.81 bits per heavy atom. The van der Waals surface area contributed by atoms with Crippen molar-refractivity contribution in [2.24, 2.45) is 0 Å². The molecule has 1 aromatic rings. The summed E-state index contributed by atoms with van der Waals surface area (Å²) in [5, 5.41) is 3.37. The molecule has 2 nitrogen and oxygen atoms in total. The third-order valence-corrected chi connectivity index (χ3v) is 3.39. The summed E-state index contributed by atoms with van der Waals surface area (Å²) in [6, 6.07) is 10.5. The molecule has 0 spiro atoms. The van der Waals surface area contributed by atoms with Gasteiger partial charge in [-0.2, -0.15) is 0 Å². The van der Waals surface area contributed by atoms with Crippen LogP contribution in [0.15, 0.2) is 30.3 Å². The second-order valence-corrected chi connectivity index (χ2v) is 4.87. The molecule has 1 N–H and O–H groups in total. The Hall–Kier alpha value is -0.860. The molecule has 2 heteroatoms. The van der Waals surface area contributed by atoms with Gasteiger partial charge in [-0.15, -0.1) is 0 Å². The number of ether oxygens (including phenoxy) is 1. The van der Waals surface area contributed by atoms with E-state index in [-0.39, 0.29) is 11.7 Å². The summed E-state index contributed by atoms with van der Waals surface area (Å²) < 4.78 is 6.22. The van der Waals surface area contributed by atoms with Crippen molar-refractivity contribution in [3.05, 3.63) is 35.9 Å². The lowest BCUT2D eigenvalue weighted by molar-refractivity contribution is -0.0933. The third-order valence-electron chi connectivity index (χ3n) is 3.39. The van der Waals surface area contributed by atoms with E-state index >= 15 is 0 Å². The molecule has 1 saturated heterocycles. The van der Waals surface area contributed by atoms with Gasteiger partial charge in [-0.1, -0.05) is 30.3 Å². The number of hydrogen-bond acceptors (Lipinski definition) is 2. The molecule has 0 radical (unpaired) electrons. The van der Waals surface area contributed by atoms with Crippen LogP contribution < -0.4 is 5.32 Å². The van der Waals surface area contributed by atoms with Crippen LogP contribution in [0.25, 0.3) is 0 Å². The summed E-state index contributed by atoms with van der Waals surface area (Å²) in [6.07, 6.45) is 2.39. The van der Waals surface area contributed by atoms with Crippen molar-refractivity contribution < 1.29 is 4.74 Å². The van der Waals surface area contributed by atoms with Gasteiger partial charge in [0.1, 0.15) is 0 Å². The van der Waals surface area contributed by atoms with Crippen molar-refractivity contribution in [2.45, 2.75) is 38.4 Å². The minimum absolute atomic E-state index is 0.0422. The van der Waals surface area contributed by atoms with Crippen molar-refractivity contribution in [2.75, 3.05) is 13.1 Å². The molecule has 16 heavy (non-hydrogen) atoms. The summed E-state index contributed by atoms with van der Waals surface area (Å²) >= 11 is 0. The highest BCUT2D eigenvalue weighted by Crippen LogP contribution is 2.29. The lowest BCUT2D eigenvalue weighted by atomic mass is 9.94. The number of nitrogens with one attached hydrogen (secondary N) is 1. The quantitative estimate of drug-likeness (QED) is 0.844. The highest BCUT2D eigenvalue weighted by Gasteiger charge is 2.29. The van der Waals surface area contributed by atoms with Gasteiger partial charge in [0.05, 0.1) is 11.7 Å². The van der Waals surface area contributed by atoms with Gasteiger partial charge in [0.25, 0.3) is 0 Å². The van der Waals surface area contributed by atoms with Crippen molar-refractivity contribution >= 4 is 0 Å². The van der Waals surface area contributed by atoms with Gasteiger partial charge < -0.3 is 10.1 Å². The maximum absolute atomic E-state index is 6.22. The molecule has 0 amide bonds. The zero-order valence-corrected chi connectivity index (χ0v) is 10.2. The summed E-state index contributed by atoms with van der Waals surface area (Å²) in [5.74, 6) is 0. The molecule has 0 saturated carbocycles. The SMILES string of the molecule is CC(OC1(C)CCNCC1)c1ccccc1. The van der Waals surface area contributed by atoms with E-state index in [9.17, 15) is 0 Å². The monoisotopic (exact) mass is 219 g/mol. The van der Waals surface area contributed by atoms with Crippen molar-refractivity contribution in [1.29, 1.82) is 0 Å². The van der Waals surface area contributed by atoms with E-state index in [0.29, 0.717) is 0 Å². The highest BCUT2D eigenvalue weighted by atomic mass is 16.5. The summed E-state index contributed by atoms with van der Waals surface area (Å²) in [5.41, 5.74) is 1.31. The summed E-state index contributed by atoms with van der Waals surface area (Å²) in [6.45, 7) is 6.51. The van der Waals surface area contributed by atoms with E-state index < -0.39 is 0 Å². The van der Waals surface area contributed by atoms with Crippen LogP contribution in [-0.2, 0) is 4.74 Å². The molecule has 1 heterocycles. The van der Waals surface area contributed by atoms with Gasteiger partial charge in [0, 0.05) is 0 Å².